The maximum atomic E-state index is 10.6. The Morgan fingerprint density at radius 3 is 2.76 bits per heavy atom. The largest absolute Gasteiger partial charge is 0.491 e. The van der Waals surface area contributed by atoms with E-state index in [1.54, 1.807) is 6.07 Å². The Hall–Kier alpha value is -1.33. The molecular formula is C11H14ClNO4. The summed E-state index contributed by atoms with van der Waals surface area (Å²) in [5.41, 5.74) is 0.621. The van der Waals surface area contributed by atoms with Gasteiger partial charge in [-0.1, -0.05) is 0 Å². The van der Waals surface area contributed by atoms with Crippen molar-refractivity contribution in [3.63, 3.8) is 0 Å². The zero-order valence-corrected chi connectivity index (χ0v) is 10.3. The zero-order chi connectivity index (χ0) is 12.7. The third-order valence-corrected chi connectivity index (χ3v) is 2.38. The number of benzene rings is 1. The first-order valence-electron chi connectivity index (χ1n) is 5.22. The predicted octanol–water partition coefficient (Wildman–Crippen LogP) is 2.75. The molecule has 5 nitrogen and oxygen atoms in total. The molecule has 0 aliphatic rings. The third-order valence-electron chi connectivity index (χ3n) is 2.09. The van der Waals surface area contributed by atoms with Crippen LogP contribution in [0.4, 0.5) is 5.69 Å². The van der Waals surface area contributed by atoms with Crippen molar-refractivity contribution in [2.75, 3.05) is 19.8 Å². The highest BCUT2D eigenvalue weighted by Gasteiger charge is 2.10. The van der Waals surface area contributed by atoms with Crippen molar-refractivity contribution in [3.05, 3.63) is 33.9 Å². The van der Waals surface area contributed by atoms with Gasteiger partial charge in [-0.05, 0) is 13.0 Å². The van der Waals surface area contributed by atoms with Crippen molar-refractivity contribution in [3.8, 4) is 5.75 Å². The van der Waals surface area contributed by atoms with E-state index in [0.29, 0.717) is 31.1 Å². The Morgan fingerprint density at radius 2 is 2.18 bits per heavy atom. The van der Waals surface area contributed by atoms with E-state index in [1.807, 2.05) is 6.92 Å². The van der Waals surface area contributed by atoms with E-state index in [0.717, 1.165) is 0 Å². The second-order valence-corrected chi connectivity index (χ2v) is 3.50. The quantitative estimate of drug-likeness (QED) is 0.327. The summed E-state index contributed by atoms with van der Waals surface area (Å²) in [5, 5.41) is 10.6. The van der Waals surface area contributed by atoms with E-state index >= 15 is 0 Å². The van der Waals surface area contributed by atoms with Crippen LogP contribution in [0.25, 0.3) is 0 Å². The molecule has 0 spiro atoms. The smallest absolute Gasteiger partial charge is 0.270 e. The summed E-state index contributed by atoms with van der Waals surface area (Å²) in [6.45, 7) is 3.41. The van der Waals surface area contributed by atoms with E-state index in [4.69, 9.17) is 21.1 Å². The first-order chi connectivity index (χ1) is 8.19. The minimum Gasteiger partial charge on any atom is -0.491 e. The van der Waals surface area contributed by atoms with Gasteiger partial charge in [0.2, 0.25) is 0 Å². The van der Waals surface area contributed by atoms with Crippen LogP contribution in [0, 0.1) is 10.1 Å². The Balaban J connectivity index is 2.68. The first kappa shape index (κ1) is 13.7. The van der Waals surface area contributed by atoms with Gasteiger partial charge in [0.15, 0.2) is 0 Å². The molecule has 1 aromatic carbocycles. The molecule has 0 atom stereocenters. The standard InChI is InChI=1S/C11H14ClNO4/c1-2-16-5-6-17-11-4-3-10(13(14)15)7-9(11)8-12/h3-4,7H,2,5-6,8H2,1H3. The SMILES string of the molecule is CCOCCOc1ccc([N+](=O)[O-])cc1CCl. The monoisotopic (exact) mass is 259 g/mol. The number of rotatable bonds is 7. The van der Waals surface area contributed by atoms with Crippen LogP contribution in [0.15, 0.2) is 18.2 Å². The van der Waals surface area contributed by atoms with Gasteiger partial charge in [-0.25, -0.2) is 0 Å². The molecule has 0 saturated heterocycles. The molecule has 0 bridgehead atoms. The Bertz CT molecular complexity index is 384. The Morgan fingerprint density at radius 1 is 1.41 bits per heavy atom. The number of nitro groups is 1. The van der Waals surface area contributed by atoms with Gasteiger partial charge in [-0.2, -0.15) is 0 Å². The maximum Gasteiger partial charge on any atom is 0.270 e. The van der Waals surface area contributed by atoms with Crippen LogP contribution in [-0.2, 0) is 10.6 Å². The second kappa shape index (κ2) is 7.09. The molecule has 0 heterocycles. The molecule has 6 heteroatoms. The predicted molar refractivity (Wildman–Crippen MR) is 64.6 cm³/mol. The van der Waals surface area contributed by atoms with Crippen LogP contribution < -0.4 is 4.74 Å². The van der Waals surface area contributed by atoms with Gasteiger partial charge in [0.1, 0.15) is 12.4 Å². The van der Waals surface area contributed by atoms with Crippen molar-refractivity contribution in [1.29, 1.82) is 0 Å². The molecule has 0 aliphatic carbocycles. The highest BCUT2D eigenvalue weighted by Crippen LogP contribution is 2.25. The van der Waals surface area contributed by atoms with Gasteiger partial charge < -0.3 is 9.47 Å². The summed E-state index contributed by atoms with van der Waals surface area (Å²) in [6.07, 6.45) is 0. The fraction of sp³-hybridized carbons (Fsp3) is 0.455. The summed E-state index contributed by atoms with van der Waals surface area (Å²) >= 11 is 5.71. The minimum absolute atomic E-state index is 0.0119. The lowest BCUT2D eigenvalue weighted by Crippen LogP contribution is -2.07. The van der Waals surface area contributed by atoms with Crippen LogP contribution in [0.3, 0.4) is 0 Å². The molecule has 0 radical (unpaired) electrons. The van der Waals surface area contributed by atoms with Crippen LogP contribution in [-0.4, -0.2) is 24.7 Å². The molecule has 94 valence electrons. The molecule has 0 fully saturated rings. The Kier molecular flexibility index (Phi) is 5.72. The van der Waals surface area contributed by atoms with Crippen LogP contribution in [0.1, 0.15) is 12.5 Å². The number of ether oxygens (including phenoxy) is 2. The van der Waals surface area contributed by atoms with Crippen molar-refractivity contribution < 1.29 is 14.4 Å². The molecule has 1 rings (SSSR count). The molecule has 0 saturated carbocycles. The number of halogens is 1. The lowest BCUT2D eigenvalue weighted by Gasteiger charge is -2.09. The molecule has 17 heavy (non-hydrogen) atoms. The van der Waals surface area contributed by atoms with Crippen molar-refractivity contribution in [2.45, 2.75) is 12.8 Å². The highest BCUT2D eigenvalue weighted by atomic mass is 35.5. The van der Waals surface area contributed by atoms with Crippen LogP contribution in [0.2, 0.25) is 0 Å². The van der Waals surface area contributed by atoms with Crippen LogP contribution >= 0.6 is 11.6 Å². The summed E-state index contributed by atoms with van der Waals surface area (Å²) in [7, 11) is 0. The van der Waals surface area contributed by atoms with Gasteiger partial charge in [0.25, 0.3) is 5.69 Å². The topological polar surface area (TPSA) is 61.6 Å². The van der Waals surface area contributed by atoms with Crippen molar-refractivity contribution >= 4 is 17.3 Å². The van der Waals surface area contributed by atoms with Gasteiger partial charge in [0, 0.05) is 24.3 Å². The molecule has 0 amide bonds. The molecular weight excluding hydrogens is 246 g/mol. The molecule has 0 N–H and O–H groups in total. The third kappa shape index (κ3) is 4.20. The number of hydrogen-bond acceptors (Lipinski definition) is 4. The summed E-state index contributed by atoms with van der Waals surface area (Å²) in [5.74, 6) is 0.733. The van der Waals surface area contributed by atoms with Gasteiger partial charge >= 0.3 is 0 Å². The summed E-state index contributed by atoms with van der Waals surface area (Å²) in [6, 6.07) is 4.37. The summed E-state index contributed by atoms with van der Waals surface area (Å²) in [4.78, 5) is 10.1. The van der Waals surface area contributed by atoms with E-state index in [1.165, 1.54) is 12.1 Å². The number of nitrogens with zero attached hydrogens (tertiary/aromatic N) is 1. The lowest BCUT2D eigenvalue weighted by molar-refractivity contribution is -0.384. The van der Waals surface area contributed by atoms with Crippen LogP contribution in [0.5, 0.6) is 5.75 Å². The number of hydrogen-bond donors (Lipinski definition) is 0. The average Bonchev–Trinajstić information content (AvgIpc) is 2.34. The molecule has 1 aromatic rings. The Labute approximate surface area is 104 Å². The maximum absolute atomic E-state index is 10.6. The van der Waals surface area contributed by atoms with E-state index in [9.17, 15) is 10.1 Å². The van der Waals surface area contributed by atoms with E-state index < -0.39 is 4.92 Å². The second-order valence-electron chi connectivity index (χ2n) is 3.23. The number of alkyl halides is 1. The fourth-order valence-electron chi connectivity index (χ4n) is 1.28. The van der Waals surface area contributed by atoms with E-state index in [-0.39, 0.29) is 11.6 Å². The van der Waals surface area contributed by atoms with E-state index in [2.05, 4.69) is 0 Å². The zero-order valence-electron chi connectivity index (χ0n) is 9.52. The molecule has 0 aliphatic heterocycles. The van der Waals surface area contributed by atoms with Gasteiger partial charge in [-0.15, -0.1) is 11.6 Å². The minimum atomic E-state index is -0.458. The van der Waals surface area contributed by atoms with Crippen molar-refractivity contribution in [2.24, 2.45) is 0 Å². The van der Waals surface area contributed by atoms with Gasteiger partial charge in [0.05, 0.1) is 17.4 Å². The number of nitro benzene ring substituents is 1. The average molecular weight is 260 g/mol. The van der Waals surface area contributed by atoms with Gasteiger partial charge in [-0.3, -0.25) is 10.1 Å². The molecule has 0 aromatic heterocycles. The fourth-order valence-corrected chi connectivity index (χ4v) is 1.49. The van der Waals surface area contributed by atoms with Crippen molar-refractivity contribution in [1.82, 2.24) is 0 Å². The first-order valence-corrected chi connectivity index (χ1v) is 5.76. The lowest BCUT2D eigenvalue weighted by atomic mass is 10.2. The normalized spacial score (nSPS) is 10.2. The summed E-state index contributed by atoms with van der Waals surface area (Å²) < 4.78 is 10.6. The molecule has 0 unspecified atom stereocenters. The number of non-ortho nitro benzene ring substituents is 1. The highest BCUT2D eigenvalue weighted by molar-refractivity contribution is 6.17.